The number of nitrogens with zero attached hydrogens (tertiary/aromatic N) is 1. The van der Waals surface area contributed by atoms with Crippen molar-refractivity contribution in [3.63, 3.8) is 0 Å². The van der Waals surface area contributed by atoms with E-state index in [9.17, 15) is 9.90 Å². The Hall–Kier alpha value is -2.92. The number of amides is 1. The topological polar surface area (TPSA) is 62.2 Å². The Morgan fingerprint density at radius 2 is 1.76 bits per heavy atom. The molecule has 122 valence electrons. The van der Waals surface area contributed by atoms with E-state index in [1.54, 1.807) is 24.4 Å². The van der Waals surface area contributed by atoms with E-state index in [2.05, 4.69) is 26.2 Å². The molecule has 5 heteroatoms. The average molecular weight is 393 g/mol. The number of benzene rings is 3. The summed E-state index contributed by atoms with van der Waals surface area (Å²) >= 11 is 3.52. The number of fused-ring (bicyclic) bond motifs is 2. The van der Waals surface area contributed by atoms with Crippen LogP contribution in [0.2, 0.25) is 0 Å². The molecule has 0 aliphatic carbocycles. The first-order valence-electron chi connectivity index (χ1n) is 7.70. The summed E-state index contributed by atoms with van der Waals surface area (Å²) in [6.45, 7) is 0. The summed E-state index contributed by atoms with van der Waals surface area (Å²) in [5.74, 6) is -0.491. The minimum atomic E-state index is -0.377. The van der Waals surface area contributed by atoms with Crippen molar-refractivity contribution in [1.29, 1.82) is 0 Å². The van der Waals surface area contributed by atoms with Gasteiger partial charge in [-0.2, -0.15) is 0 Å². The van der Waals surface area contributed by atoms with Crippen LogP contribution in [0.5, 0.6) is 5.75 Å². The molecule has 4 nitrogen and oxygen atoms in total. The molecule has 0 saturated carbocycles. The number of phenols is 1. The van der Waals surface area contributed by atoms with Gasteiger partial charge in [-0.05, 0) is 29.7 Å². The summed E-state index contributed by atoms with van der Waals surface area (Å²) in [5.41, 5.74) is 1.29. The molecule has 1 heterocycles. The lowest BCUT2D eigenvalue weighted by Crippen LogP contribution is -2.12. The molecule has 0 atom stereocenters. The Morgan fingerprint density at radius 3 is 2.60 bits per heavy atom. The highest BCUT2D eigenvalue weighted by atomic mass is 79.9. The predicted molar refractivity (Wildman–Crippen MR) is 103 cm³/mol. The third-order valence-electron chi connectivity index (χ3n) is 4.11. The molecule has 0 aliphatic heterocycles. The van der Waals surface area contributed by atoms with Crippen LogP contribution in [0.4, 0.5) is 5.69 Å². The van der Waals surface area contributed by atoms with Gasteiger partial charge in [0.1, 0.15) is 5.52 Å². The summed E-state index contributed by atoms with van der Waals surface area (Å²) in [6.07, 6.45) is 1.59. The first-order valence-corrected chi connectivity index (χ1v) is 8.50. The fourth-order valence-corrected chi connectivity index (χ4v) is 3.35. The largest absolute Gasteiger partial charge is 0.505 e. The molecule has 0 aliphatic rings. The van der Waals surface area contributed by atoms with Gasteiger partial charge in [0.05, 0.1) is 5.56 Å². The molecule has 0 unspecified atom stereocenters. The van der Waals surface area contributed by atoms with E-state index in [1.165, 1.54) is 0 Å². The molecular formula is C20H13BrN2O2. The smallest absolute Gasteiger partial charge is 0.259 e. The number of phenolic OH excluding ortho intramolecular Hbond substituents is 1. The normalized spacial score (nSPS) is 10.9. The Kier molecular flexibility index (Phi) is 3.86. The molecule has 1 aromatic heterocycles. The number of aromatic nitrogens is 1. The molecule has 1 amide bonds. The van der Waals surface area contributed by atoms with Crippen LogP contribution in [-0.4, -0.2) is 16.0 Å². The quantitative estimate of drug-likeness (QED) is 0.498. The van der Waals surface area contributed by atoms with Crippen molar-refractivity contribution in [2.75, 3.05) is 5.32 Å². The van der Waals surface area contributed by atoms with Crippen LogP contribution in [0.3, 0.4) is 0 Å². The molecule has 0 radical (unpaired) electrons. The van der Waals surface area contributed by atoms with Gasteiger partial charge in [0, 0.05) is 27.1 Å². The molecule has 2 N–H and O–H groups in total. The van der Waals surface area contributed by atoms with E-state index in [4.69, 9.17) is 0 Å². The Labute approximate surface area is 152 Å². The van der Waals surface area contributed by atoms with E-state index in [0.29, 0.717) is 11.2 Å². The van der Waals surface area contributed by atoms with E-state index in [-0.39, 0.29) is 17.2 Å². The molecule has 0 fully saturated rings. The van der Waals surface area contributed by atoms with Crippen molar-refractivity contribution in [3.05, 3.63) is 76.9 Å². The molecule has 4 rings (SSSR count). The predicted octanol–water partition coefficient (Wildman–Crippen LogP) is 5.11. The van der Waals surface area contributed by atoms with E-state index >= 15 is 0 Å². The second-order valence-electron chi connectivity index (χ2n) is 5.63. The SMILES string of the molecule is O=C(Nc1ccc(Br)c2ccccc12)c1ccc2cccnc2c1O. The number of carbonyl (C=O) groups is 1. The van der Waals surface area contributed by atoms with Gasteiger partial charge in [0.25, 0.3) is 5.91 Å². The Balaban J connectivity index is 1.76. The van der Waals surface area contributed by atoms with Crippen LogP contribution in [0, 0.1) is 0 Å². The molecule has 0 saturated heterocycles. The number of hydrogen-bond acceptors (Lipinski definition) is 3. The maximum Gasteiger partial charge on any atom is 0.259 e. The lowest BCUT2D eigenvalue weighted by atomic mass is 10.1. The highest BCUT2D eigenvalue weighted by Gasteiger charge is 2.16. The van der Waals surface area contributed by atoms with Gasteiger partial charge in [-0.25, -0.2) is 0 Å². The van der Waals surface area contributed by atoms with Crippen molar-refractivity contribution < 1.29 is 9.90 Å². The minimum absolute atomic E-state index is 0.114. The maximum absolute atomic E-state index is 12.7. The van der Waals surface area contributed by atoms with Crippen molar-refractivity contribution in [2.45, 2.75) is 0 Å². The summed E-state index contributed by atoms with van der Waals surface area (Å²) in [7, 11) is 0. The van der Waals surface area contributed by atoms with Crippen LogP contribution in [0.1, 0.15) is 10.4 Å². The van der Waals surface area contributed by atoms with Crippen molar-refractivity contribution >= 4 is 49.2 Å². The van der Waals surface area contributed by atoms with Gasteiger partial charge in [-0.15, -0.1) is 0 Å². The minimum Gasteiger partial charge on any atom is -0.505 e. The number of hydrogen-bond donors (Lipinski definition) is 2. The zero-order valence-corrected chi connectivity index (χ0v) is 14.6. The van der Waals surface area contributed by atoms with Gasteiger partial charge in [-0.1, -0.05) is 52.3 Å². The van der Waals surface area contributed by atoms with Gasteiger partial charge >= 0.3 is 0 Å². The number of aromatic hydroxyl groups is 1. The van der Waals surface area contributed by atoms with Gasteiger partial charge in [-0.3, -0.25) is 9.78 Å². The van der Waals surface area contributed by atoms with Gasteiger partial charge < -0.3 is 10.4 Å². The third kappa shape index (κ3) is 2.72. The number of rotatable bonds is 2. The molecular weight excluding hydrogens is 380 g/mol. The van der Waals surface area contributed by atoms with Crippen LogP contribution in [0.25, 0.3) is 21.7 Å². The lowest BCUT2D eigenvalue weighted by Gasteiger charge is -2.11. The van der Waals surface area contributed by atoms with E-state index < -0.39 is 0 Å². The van der Waals surface area contributed by atoms with Crippen LogP contribution < -0.4 is 5.32 Å². The maximum atomic E-state index is 12.7. The zero-order valence-electron chi connectivity index (χ0n) is 13.0. The average Bonchev–Trinajstić information content (AvgIpc) is 2.65. The first-order chi connectivity index (χ1) is 12.1. The number of pyridine rings is 1. The fraction of sp³-hybridized carbons (Fsp3) is 0. The van der Waals surface area contributed by atoms with Gasteiger partial charge in [0.15, 0.2) is 5.75 Å². The van der Waals surface area contributed by atoms with Crippen LogP contribution in [-0.2, 0) is 0 Å². The first kappa shape index (κ1) is 15.6. The lowest BCUT2D eigenvalue weighted by molar-refractivity contribution is 0.102. The highest BCUT2D eigenvalue weighted by Crippen LogP contribution is 2.32. The second-order valence-corrected chi connectivity index (χ2v) is 6.49. The summed E-state index contributed by atoms with van der Waals surface area (Å²) in [4.78, 5) is 16.9. The molecule has 0 spiro atoms. The van der Waals surface area contributed by atoms with Gasteiger partial charge in [0.2, 0.25) is 0 Å². The molecule has 25 heavy (non-hydrogen) atoms. The molecule has 0 bridgehead atoms. The standard InChI is InChI=1S/C20H13BrN2O2/c21-16-9-10-17(14-6-2-1-5-13(14)16)23-20(25)15-8-7-12-4-3-11-22-18(12)19(15)24/h1-11,24H,(H,23,25). The van der Waals surface area contributed by atoms with Crippen molar-refractivity contribution in [2.24, 2.45) is 0 Å². The number of nitrogens with one attached hydrogen (secondary N) is 1. The zero-order chi connectivity index (χ0) is 17.4. The van der Waals surface area contributed by atoms with Crippen molar-refractivity contribution in [3.8, 4) is 5.75 Å². The third-order valence-corrected chi connectivity index (χ3v) is 4.80. The number of anilines is 1. The summed E-state index contributed by atoms with van der Waals surface area (Å²) < 4.78 is 0.957. The second kappa shape index (κ2) is 6.18. The van der Waals surface area contributed by atoms with E-state index in [0.717, 1.165) is 20.6 Å². The summed E-state index contributed by atoms with van der Waals surface area (Å²) in [6, 6.07) is 18.5. The van der Waals surface area contributed by atoms with E-state index in [1.807, 2.05) is 42.5 Å². The summed E-state index contributed by atoms with van der Waals surface area (Å²) in [5, 5.41) is 16.0. The highest BCUT2D eigenvalue weighted by molar-refractivity contribution is 9.10. The fourth-order valence-electron chi connectivity index (χ4n) is 2.87. The van der Waals surface area contributed by atoms with Crippen LogP contribution in [0.15, 0.2) is 71.3 Å². The molecule has 4 aromatic rings. The number of carbonyl (C=O) groups excluding carboxylic acids is 1. The molecule has 3 aromatic carbocycles. The monoisotopic (exact) mass is 392 g/mol. The Bertz CT molecular complexity index is 1130. The van der Waals surface area contributed by atoms with Crippen LogP contribution >= 0.6 is 15.9 Å². The van der Waals surface area contributed by atoms with Crippen molar-refractivity contribution in [1.82, 2.24) is 4.98 Å². The number of halogens is 1. The Morgan fingerprint density at radius 1 is 0.960 bits per heavy atom.